The van der Waals surface area contributed by atoms with E-state index in [1.54, 1.807) is 60.7 Å². The molecule has 1 N–H and O–H groups in total. The number of carbonyl (C=O) groups excluding carboxylic acids is 2. The molecule has 4 aromatic rings. The summed E-state index contributed by atoms with van der Waals surface area (Å²) in [5.74, 6) is -0.690. The van der Waals surface area contributed by atoms with Crippen LogP contribution in [0, 0.1) is 5.92 Å². The number of halogens is 2. The van der Waals surface area contributed by atoms with Gasteiger partial charge in [0.1, 0.15) is 12.6 Å². The molecule has 0 saturated heterocycles. The van der Waals surface area contributed by atoms with Gasteiger partial charge in [0, 0.05) is 29.0 Å². The van der Waals surface area contributed by atoms with Gasteiger partial charge in [-0.3, -0.25) is 13.9 Å². The van der Waals surface area contributed by atoms with Crippen molar-refractivity contribution in [3.63, 3.8) is 0 Å². The zero-order chi connectivity index (χ0) is 31.7. The maximum atomic E-state index is 14.4. The number of amides is 2. The molecule has 0 aromatic heterocycles. The first kappa shape index (κ1) is 33.2. The summed E-state index contributed by atoms with van der Waals surface area (Å²) in [7, 11) is -4.16. The molecule has 0 radical (unpaired) electrons. The summed E-state index contributed by atoms with van der Waals surface area (Å²) in [5.41, 5.74) is 1.81. The van der Waals surface area contributed by atoms with Crippen LogP contribution in [0.4, 0.5) is 5.69 Å². The van der Waals surface area contributed by atoms with E-state index in [0.717, 1.165) is 14.3 Å². The summed E-state index contributed by atoms with van der Waals surface area (Å²) in [6.45, 7) is 3.87. The quantitative estimate of drug-likeness (QED) is 0.168. The van der Waals surface area contributed by atoms with Crippen molar-refractivity contribution in [2.75, 3.05) is 17.4 Å². The number of anilines is 1. The second kappa shape index (κ2) is 15.4. The van der Waals surface area contributed by atoms with Crippen LogP contribution in [0.15, 0.2) is 119 Å². The number of rotatable bonds is 13. The van der Waals surface area contributed by atoms with Gasteiger partial charge in [0.25, 0.3) is 10.0 Å². The van der Waals surface area contributed by atoms with Gasteiger partial charge in [-0.1, -0.05) is 108 Å². The SMILES string of the molecule is CC(C)CNC(=O)C(Cc1ccccc1)N(Cc1ccccc1Cl)C(=O)CN(c1ccc(Br)cc1)S(=O)(=O)c1ccccc1. The molecule has 0 aliphatic heterocycles. The van der Waals surface area contributed by atoms with Crippen LogP contribution in [0.2, 0.25) is 5.02 Å². The van der Waals surface area contributed by atoms with Crippen LogP contribution < -0.4 is 9.62 Å². The Morgan fingerprint density at radius 3 is 2.05 bits per heavy atom. The molecule has 7 nitrogen and oxygen atoms in total. The molecule has 44 heavy (non-hydrogen) atoms. The Labute approximate surface area is 273 Å². The van der Waals surface area contributed by atoms with Crippen LogP contribution >= 0.6 is 27.5 Å². The number of hydrogen-bond acceptors (Lipinski definition) is 4. The van der Waals surface area contributed by atoms with Crippen molar-refractivity contribution in [3.8, 4) is 0 Å². The van der Waals surface area contributed by atoms with Gasteiger partial charge in [0.05, 0.1) is 10.6 Å². The van der Waals surface area contributed by atoms with E-state index in [1.807, 2.05) is 50.2 Å². The van der Waals surface area contributed by atoms with Gasteiger partial charge in [-0.05, 0) is 59.5 Å². The fourth-order valence-electron chi connectivity index (χ4n) is 4.64. The lowest BCUT2D eigenvalue weighted by Crippen LogP contribution is -2.53. The molecule has 0 heterocycles. The molecule has 0 spiro atoms. The Morgan fingerprint density at radius 2 is 1.43 bits per heavy atom. The topological polar surface area (TPSA) is 86.8 Å². The van der Waals surface area contributed by atoms with Crippen LogP contribution in [0.3, 0.4) is 0 Å². The molecule has 0 aliphatic rings. The molecule has 10 heteroatoms. The molecular weight excluding hydrogens is 662 g/mol. The predicted octanol–water partition coefficient (Wildman–Crippen LogP) is 6.71. The highest BCUT2D eigenvalue weighted by atomic mass is 79.9. The van der Waals surface area contributed by atoms with Crippen LogP contribution in [-0.4, -0.2) is 44.3 Å². The summed E-state index contributed by atoms with van der Waals surface area (Å²) in [4.78, 5) is 29.7. The van der Waals surface area contributed by atoms with Crippen LogP contribution in [0.5, 0.6) is 0 Å². The summed E-state index contributed by atoms with van der Waals surface area (Å²) in [6.07, 6.45) is 0.227. The summed E-state index contributed by atoms with van der Waals surface area (Å²) >= 11 is 9.94. The van der Waals surface area contributed by atoms with Gasteiger partial charge in [0.2, 0.25) is 11.8 Å². The molecule has 1 unspecified atom stereocenters. The Morgan fingerprint density at radius 1 is 0.841 bits per heavy atom. The van der Waals surface area contributed by atoms with E-state index in [4.69, 9.17) is 11.6 Å². The van der Waals surface area contributed by atoms with E-state index in [0.29, 0.717) is 22.8 Å². The highest BCUT2D eigenvalue weighted by Gasteiger charge is 2.34. The minimum Gasteiger partial charge on any atom is -0.354 e. The smallest absolute Gasteiger partial charge is 0.264 e. The molecule has 0 fully saturated rings. The number of hydrogen-bond donors (Lipinski definition) is 1. The average Bonchev–Trinajstić information content (AvgIpc) is 3.02. The Bertz CT molecular complexity index is 1650. The lowest BCUT2D eigenvalue weighted by molar-refractivity contribution is -0.140. The standard InChI is InChI=1S/C34H35BrClN3O4S/c1-25(2)22-37-34(41)32(21-26-11-5-3-6-12-26)38(23-27-13-9-10-16-31(27)36)33(40)24-39(29-19-17-28(35)18-20-29)44(42,43)30-14-7-4-8-15-30/h3-20,25,32H,21-24H2,1-2H3,(H,37,41). The Balaban J connectivity index is 1.79. The second-order valence-electron chi connectivity index (χ2n) is 10.8. The molecule has 4 rings (SSSR count). The third kappa shape index (κ3) is 8.71. The van der Waals surface area contributed by atoms with E-state index < -0.39 is 28.5 Å². The lowest BCUT2D eigenvalue weighted by Gasteiger charge is -2.34. The average molecular weight is 697 g/mol. The molecule has 2 amide bonds. The van der Waals surface area contributed by atoms with Crippen molar-refractivity contribution >= 4 is 55.1 Å². The number of sulfonamides is 1. The molecular formula is C34H35BrClN3O4S. The van der Waals surface area contributed by atoms with Crippen LogP contribution in [-0.2, 0) is 32.6 Å². The zero-order valence-electron chi connectivity index (χ0n) is 24.6. The van der Waals surface area contributed by atoms with Crippen LogP contribution in [0.1, 0.15) is 25.0 Å². The van der Waals surface area contributed by atoms with Crippen molar-refractivity contribution in [2.24, 2.45) is 5.92 Å². The summed E-state index contributed by atoms with van der Waals surface area (Å²) < 4.78 is 29.9. The molecule has 1 atom stereocenters. The van der Waals surface area contributed by atoms with E-state index in [-0.39, 0.29) is 29.7 Å². The molecule has 0 aliphatic carbocycles. The molecule has 0 bridgehead atoms. The Kier molecular flexibility index (Phi) is 11.6. The number of benzene rings is 4. The van der Waals surface area contributed by atoms with Crippen LogP contribution in [0.25, 0.3) is 0 Å². The maximum absolute atomic E-state index is 14.4. The first-order chi connectivity index (χ1) is 21.1. The zero-order valence-corrected chi connectivity index (χ0v) is 27.7. The second-order valence-corrected chi connectivity index (χ2v) is 13.9. The fourth-order valence-corrected chi connectivity index (χ4v) is 6.54. The van der Waals surface area contributed by atoms with Crippen molar-refractivity contribution < 1.29 is 18.0 Å². The van der Waals surface area contributed by atoms with Gasteiger partial charge < -0.3 is 10.2 Å². The molecule has 4 aromatic carbocycles. The van der Waals surface area contributed by atoms with Gasteiger partial charge in [0.15, 0.2) is 0 Å². The van der Waals surface area contributed by atoms with Gasteiger partial charge in [-0.25, -0.2) is 8.42 Å². The first-order valence-corrected chi connectivity index (χ1v) is 16.8. The number of carbonyl (C=O) groups is 2. The van der Waals surface area contributed by atoms with E-state index in [1.165, 1.54) is 17.0 Å². The van der Waals surface area contributed by atoms with Gasteiger partial charge >= 0.3 is 0 Å². The highest BCUT2D eigenvalue weighted by molar-refractivity contribution is 9.10. The minimum absolute atomic E-state index is 0.00463. The monoisotopic (exact) mass is 695 g/mol. The maximum Gasteiger partial charge on any atom is 0.264 e. The van der Waals surface area contributed by atoms with Gasteiger partial charge in [-0.15, -0.1) is 0 Å². The largest absolute Gasteiger partial charge is 0.354 e. The third-order valence-corrected chi connectivity index (χ3v) is 9.66. The Hall–Kier alpha value is -3.66. The van der Waals surface area contributed by atoms with Gasteiger partial charge in [-0.2, -0.15) is 0 Å². The third-order valence-electron chi connectivity index (χ3n) is 6.98. The highest BCUT2D eigenvalue weighted by Crippen LogP contribution is 2.27. The first-order valence-electron chi connectivity index (χ1n) is 14.2. The van der Waals surface area contributed by atoms with Crippen molar-refractivity contribution in [1.29, 1.82) is 0 Å². The van der Waals surface area contributed by atoms with Crippen molar-refractivity contribution in [1.82, 2.24) is 10.2 Å². The fraction of sp³-hybridized carbons (Fsp3) is 0.235. The normalized spacial score (nSPS) is 12.0. The minimum atomic E-state index is -4.16. The molecule has 230 valence electrons. The number of nitrogens with zero attached hydrogens (tertiary/aromatic N) is 2. The molecule has 0 saturated carbocycles. The summed E-state index contributed by atoms with van der Waals surface area (Å²) in [6, 6.07) is 30.3. The van der Waals surface area contributed by atoms with Crippen molar-refractivity contribution in [2.45, 2.75) is 37.8 Å². The van der Waals surface area contributed by atoms with E-state index in [2.05, 4.69) is 21.2 Å². The predicted molar refractivity (Wildman–Crippen MR) is 179 cm³/mol. The van der Waals surface area contributed by atoms with E-state index >= 15 is 0 Å². The summed E-state index contributed by atoms with van der Waals surface area (Å²) in [5, 5.41) is 3.42. The number of nitrogens with one attached hydrogen (secondary N) is 1. The van der Waals surface area contributed by atoms with E-state index in [9.17, 15) is 18.0 Å². The lowest BCUT2D eigenvalue weighted by atomic mass is 10.0. The van der Waals surface area contributed by atoms with Crippen molar-refractivity contribution in [3.05, 3.63) is 130 Å².